The van der Waals surface area contributed by atoms with E-state index in [2.05, 4.69) is 31.0 Å². The van der Waals surface area contributed by atoms with Gasteiger partial charge < -0.3 is 10.2 Å². The highest BCUT2D eigenvalue weighted by atomic mass is 15.2. The molecule has 2 heteroatoms. The molecule has 2 bridgehead atoms. The van der Waals surface area contributed by atoms with Crippen LogP contribution in [0.2, 0.25) is 0 Å². The lowest BCUT2D eigenvalue weighted by molar-refractivity contribution is 0.0632. The number of rotatable bonds is 4. The summed E-state index contributed by atoms with van der Waals surface area (Å²) >= 11 is 0. The van der Waals surface area contributed by atoms with Gasteiger partial charge >= 0.3 is 0 Å². The zero-order valence-electron chi connectivity index (χ0n) is 10.5. The fraction of sp³-hybridized carbons (Fsp3) is 1.00. The Kier molecular flexibility index (Phi) is 3.68. The summed E-state index contributed by atoms with van der Waals surface area (Å²) in [6, 6.07) is 1.50. The lowest BCUT2D eigenvalue weighted by Crippen LogP contribution is -2.58. The van der Waals surface area contributed by atoms with Gasteiger partial charge in [-0.3, -0.25) is 0 Å². The molecule has 2 nitrogen and oxygen atoms in total. The average Bonchev–Trinajstić information content (AvgIpc) is 2.27. The fourth-order valence-corrected chi connectivity index (χ4v) is 3.21. The second-order valence-corrected chi connectivity index (χ2v) is 5.67. The van der Waals surface area contributed by atoms with Crippen LogP contribution in [0.5, 0.6) is 0 Å². The average molecular weight is 210 g/mol. The van der Waals surface area contributed by atoms with E-state index >= 15 is 0 Å². The van der Waals surface area contributed by atoms with Crippen LogP contribution in [0, 0.1) is 11.8 Å². The van der Waals surface area contributed by atoms with Gasteiger partial charge in [0.15, 0.2) is 0 Å². The topological polar surface area (TPSA) is 15.3 Å². The Morgan fingerprint density at radius 1 is 1.27 bits per heavy atom. The molecule has 15 heavy (non-hydrogen) atoms. The molecule has 0 aromatic carbocycles. The Bertz CT molecular complexity index is 195. The molecule has 0 aliphatic carbocycles. The van der Waals surface area contributed by atoms with Gasteiger partial charge in [-0.2, -0.15) is 0 Å². The van der Waals surface area contributed by atoms with Crippen molar-refractivity contribution in [1.29, 1.82) is 0 Å². The number of nitrogens with one attached hydrogen (secondary N) is 1. The molecule has 3 heterocycles. The van der Waals surface area contributed by atoms with Crippen LogP contribution in [-0.4, -0.2) is 36.6 Å². The Labute approximate surface area is 94.4 Å². The van der Waals surface area contributed by atoms with Crippen molar-refractivity contribution in [2.24, 2.45) is 11.8 Å². The summed E-state index contributed by atoms with van der Waals surface area (Å²) < 4.78 is 0. The zero-order chi connectivity index (χ0) is 10.8. The monoisotopic (exact) mass is 210 g/mol. The van der Waals surface area contributed by atoms with Crippen molar-refractivity contribution < 1.29 is 0 Å². The third-order valence-electron chi connectivity index (χ3n) is 4.33. The Hall–Kier alpha value is -0.0800. The van der Waals surface area contributed by atoms with Crippen molar-refractivity contribution in [2.75, 3.05) is 19.6 Å². The van der Waals surface area contributed by atoms with Crippen molar-refractivity contribution in [1.82, 2.24) is 10.2 Å². The minimum absolute atomic E-state index is 0.718. The van der Waals surface area contributed by atoms with Gasteiger partial charge in [-0.25, -0.2) is 0 Å². The van der Waals surface area contributed by atoms with Crippen LogP contribution in [0.1, 0.15) is 40.0 Å². The predicted octanol–water partition coefficient (Wildman–Crippen LogP) is 2.10. The summed E-state index contributed by atoms with van der Waals surface area (Å²) in [4.78, 5) is 2.63. The van der Waals surface area contributed by atoms with Crippen LogP contribution in [0.3, 0.4) is 0 Å². The maximum Gasteiger partial charge on any atom is 0.0226 e. The third kappa shape index (κ3) is 2.54. The highest BCUT2D eigenvalue weighted by molar-refractivity contribution is 4.92. The first kappa shape index (κ1) is 11.4. The second kappa shape index (κ2) is 4.84. The molecule has 88 valence electrons. The summed E-state index contributed by atoms with van der Waals surface area (Å²) in [5, 5.41) is 3.89. The van der Waals surface area contributed by atoms with E-state index in [1.54, 1.807) is 0 Å². The highest BCUT2D eigenvalue weighted by Gasteiger charge is 2.34. The molecule has 3 saturated heterocycles. The molecule has 2 atom stereocenters. The van der Waals surface area contributed by atoms with E-state index in [-0.39, 0.29) is 0 Å². The zero-order valence-corrected chi connectivity index (χ0v) is 10.5. The first-order valence-electron chi connectivity index (χ1n) is 6.69. The van der Waals surface area contributed by atoms with E-state index in [1.807, 2.05) is 0 Å². The normalized spacial score (nSPS) is 37.2. The standard InChI is InChI=1S/C13H26N2/c1-4-12(10(2)3)14-13-9-15-7-5-11(13)6-8-15/h10-14H,4-9H2,1-3H3. The summed E-state index contributed by atoms with van der Waals surface area (Å²) in [7, 11) is 0. The van der Waals surface area contributed by atoms with Crippen molar-refractivity contribution in [3.63, 3.8) is 0 Å². The van der Waals surface area contributed by atoms with Crippen LogP contribution in [0.4, 0.5) is 0 Å². The van der Waals surface area contributed by atoms with Gasteiger partial charge in [-0.05, 0) is 44.2 Å². The van der Waals surface area contributed by atoms with Crippen LogP contribution in [-0.2, 0) is 0 Å². The first-order chi connectivity index (χ1) is 7.20. The Morgan fingerprint density at radius 3 is 2.33 bits per heavy atom. The number of nitrogens with zero attached hydrogens (tertiary/aromatic N) is 1. The highest BCUT2D eigenvalue weighted by Crippen LogP contribution is 2.28. The van der Waals surface area contributed by atoms with Crippen LogP contribution in [0.15, 0.2) is 0 Å². The van der Waals surface area contributed by atoms with E-state index in [1.165, 1.54) is 38.9 Å². The van der Waals surface area contributed by atoms with Crippen LogP contribution < -0.4 is 5.32 Å². The number of hydrogen-bond donors (Lipinski definition) is 1. The van der Waals surface area contributed by atoms with Gasteiger partial charge in [-0.15, -0.1) is 0 Å². The van der Waals surface area contributed by atoms with Crippen molar-refractivity contribution >= 4 is 0 Å². The number of piperidine rings is 3. The lowest BCUT2D eigenvalue weighted by atomic mass is 9.83. The first-order valence-corrected chi connectivity index (χ1v) is 6.69. The maximum absolute atomic E-state index is 3.89. The molecule has 0 saturated carbocycles. The van der Waals surface area contributed by atoms with E-state index in [4.69, 9.17) is 0 Å². The van der Waals surface area contributed by atoms with E-state index < -0.39 is 0 Å². The van der Waals surface area contributed by atoms with Crippen molar-refractivity contribution in [3.8, 4) is 0 Å². The Morgan fingerprint density at radius 2 is 1.93 bits per heavy atom. The summed E-state index contributed by atoms with van der Waals surface area (Å²) in [6.07, 6.45) is 4.11. The molecule has 0 aromatic rings. The molecule has 3 fully saturated rings. The number of fused-ring (bicyclic) bond motifs is 3. The minimum Gasteiger partial charge on any atom is -0.309 e. The second-order valence-electron chi connectivity index (χ2n) is 5.67. The summed E-state index contributed by atoms with van der Waals surface area (Å²) in [5.74, 6) is 1.73. The molecular weight excluding hydrogens is 184 g/mol. The third-order valence-corrected chi connectivity index (χ3v) is 4.33. The largest absolute Gasteiger partial charge is 0.309 e. The SMILES string of the molecule is CCC(NC1CN2CCC1CC2)C(C)C. The molecule has 0 amide bonds. The van der Waals surface area contributed by atoms with Crippen molar-refractivity contribution in [3.05, 3.63) is 0 Å². The Balaban J connectivity index is 1.88. The molecule has 3 aliphatic heterocycles. The quantitative estimate of drug-likeness (QED) is 0.764. The number of hydrogen-bond acceptors (Lipinski definition) is 2. The summed E-state index contributed by atoms with van der Waals surface area (Å²) in [6.45, 7) is 11.0. The van der Waals surface area contributed by atoms with Gasteiger partial charge in [0.25, 0.3) is 0 Å². The van der Waals surface area contributed by atoms with E-state index in [9.17, 15) is 0 Å². The predicted molar refractivity (Wildman–Crippen MR) is 65.0 cm³/mol. The van der Waals surface area contributed by atoms with Crippen LogP contribution in [0.25, 0.3) is 0 Å². The molecule has 0 radical (unpaired) electrons. The molecule has 0 aromatic heterocycles. The lowest BCUT2D eigenvalue weighted by Gasteiger charge is -2.46. The summed E-state index contributed by atoms with van der Waals surface area (Å²) in [5.41, 5.74) is 0. The maximum atomic E-state index is 3.89. The molecular formula is C13H26N2. The van der Waals surface area contributed by atoms with Crippen molar-refractivity contribution in [2.45, 2.75) is 52.1 Å². The smallest absolute Gasteiger partial charge is 0.0226 e. The molecule has 2 unspecified atom stereocenters. The minimum atomic E-state index is 0.718. The van der Waals surface area contributed by atoms with E-state index in [0.717, 1.165) is 23.9 Å². The molecule has 0 spiro atoms. The molecule has 3 rings (SSSR count). The molecule has 1 N–H and O–H groups in total. The van der Waals surface area contributed by atoms with Gasteiger partial charge in [-0.1, -0.05) is 20.8 Å². The van der Waals surface area contributed by atoms with Gasteiger partial charge in [0.1, 0.15) is 0 Å². The van der Waals surface area contributed by atoms with Gasteiger partial charge in [0, 0.05) is 18.6 Å². The molecule has 3 aliphatic rings. The van der Waals surface area contributed by atoms with Gasteiger partial charge in [0.05, 0.1) is 0 Å². The van der Waals surface area contributed by atoms with E-state index in [0.29, 0.717) is 0 Å². The fourth-order valence-electron chi connectivity index (χ4n) is 3.21. The van der Waals surface area contributed by atoms with Gasteiger partial charge in [0.2, 0.25) is 0 Å². The van der Waals surface area contributed by atoms with Crippen LogP contribution >= 0.6 is 0 Å².